The van der Waals surface area contributed by atoms with Gasteiger partial charge in [0.15, 0.2) is 0 Å². The maximum Gasteiger partial charge on any atom is 0.244 e. The zero-order chi connectivity index (χ0) is 15.4. The number of carbonyl (C=O) groups is 1. The van der Waals surface area contributed by atoms with E-state index in [1.54, 1.807) is 11.7 Å². The molecule has 3 rings (SSSR count). The van der Waals surface area contributed by atoms with Crippen LogP contribution in [0.25, 0.3) is 0 Å². The number of amides is 1. The molecule has 0 aliphatic carbocycles. The summed E-state index contributed by atoms with van der Waals surface area (Å²) in [5.41, 5.74) is 1.24. The van der Waals surface area contributed by atoms with E-state index in [1.165, 1.54) is 11.9 Å². The molecule has 1 saturated heterocycles. The van der Waals surface area contributed by atoms with E-state index in [4.69, 9.17) is 0 Å². The minimum Gasteiger partial charge on any atom is -0.293 e. The number of carbonyl (C=O) groups excluding carboxylic acids is 1. The average molecular weight is 299 g/mol. The Morgan fingerprint density at radius 3 is 2.86 bits per heavy atom. The summed E-state index contributed by atoms with van der Waals surface area (Å²) in [6.45, 7) is 1.75. The van der Waals surface area contributed by atoms with Crippen LogP contribution in [-0.4, -0.2) is 38.2 Å². The van der Waals surface area contributed by atoms with Gasteiger partial charge in [0, 0.05) is 13.6 Å². The number of nitrogens with one attached hydrogen (secondary N) is 1. The number of anilines is 1. The normalized spacial score (nSPS) is 19.0. The first-order chi connectivity index (χ1) is 10.7. The lowest BCUT2D eigenvalue weighted by Gasteiger charge is -2.34. The zero-order valence-electron chi connectivity index (χ0n) is 12.8. The fraction of sp³-hybridized carbons (Fsp3) is 0.438. The van der Waals surface area contributed by atoms with Crippen LogP contribution in [0.2, 0.25) is 0 Å². The van der Waals surface area contributed by atoms with Crippen molar-refractivity contribution in [3.05, 3.63) is 42.2 Å². The van der Waals surface area contributed by atoms with Gasteiger partial charge in [-0.15, -0.1) is 0 Å². The number of piperidine rings is 1. The van der Waals surface area contributed by atoms with Gasteiger partial charge in [0.1, 0.15) is 6.33 Å². The van der Waals surface area contributed by atoms with Crippen LogP contribution in [0.15, 0.2) is 36.7 Å². The largest absolute Gasteiger partial charge is 0.293 e. The predicted octanol–water partition coefficient (Wildman–Crippen LogP) is 1.81. The van der Waals surface area contributed by atoms with Gasteiger partial charge in [-0.05, 0) is 24.9 Å². The molecule has 6 heteroatoms. The number of nitrogens with zero attached hydrogens (tertiary/aromatic N) is 4. The average Bonchev–Trinajstić information content (AvgIpc) is 2.94. The second-order valence-corrected chi connectivity index (χ2v) is 5.66. The molecular formula is C16H21N5O. The third-order valence-corrected chi connectivity index (χ3v) is 4.09. The van der Waals surface area contributed by atoms with Gasteiger partial charge in [-0.2, -0.15) is 10.1 Å². The standard InChI is InChI=1S/C16H21N5O/c1-20-16(17-12-18-20)19-15(22)14-9-5-6-10-21(14)11-13-7-3-2-4-8-13/h2-4,7-8,12,14H,5-6,9-11H2,1H3,(H,17,18,19,22). The lowest BCUT2D eigenvalue weighted by molar-refractivity contribution is -0.122. The Morgan fingerprint density at radius 2 is 2.14 bits per heavy atom. The van der Waals surface area contributed by atoms with Crippen LogP contribution in [0, 0.1) is 0 Å². The quantitative estimate of drug-likeness (QED) is 0.935. The Hall–Kier alpha value is -2.21. The molecule has 0 bridgehead atoms. The van der Waals surface area contributed by atoms with Gasteiger partial charge in [-0.25, -0.2) is 4.68 Å². The highest BCUT2D eigenvalue weighted by Gasteiger charge is 2.29. The molecule has 0 spiro atoms. The maximum absolute atomic E-state index is 12.6. The Labute approximate surface area is 130 Å². The highest BCUT2D eigenvalue weighted by Crippen LogP contribution is 2.20. The third-order valence-electron chi connectivity index (χ3n) is 4.09. The summed E-state index contributed by atoms with van der Waals surface area (Å²) in [4.78, 5) is 18.9. The van der Waals surface area contributed by atoms with Gasteiger partial charge in [0.25, 0.3) is 0 Å². The molecule has 1 aliphatic rings. The Kier molecular flexibility index (Phi) is 4.48. The molecule has 1 aromatic carbocycles. The van der Waals surface area contributed by atoms with Crippen molar-refractivity contribution in [3.63, 3.8) is 0 Å². The molecule has 1 amide bonds. The molecule has 1 aliphatic heterocycles. The van der Waals surface area contributed by atoms with E-state index in [9.17, 15) is 4.79 Å². The minimum atomic E-state index is -0.106. The highest BCUT2D eigenvalue weighted by molar-refractivity contribution is 5.93. The van der Waals surface area contributed by atoms with Crippen LogP contribution in [0.1, 0.15) is 24.8 Å². The summed E-state index contributed by atoms with van der Waals surface area (Å²) in [6.07, 6.45) is 4.55. The number of hydrogen-bond acceptors (Lipinski definition) is 4. The number of likely N-dealkylation sites (tertiary alicyclic amines) is 1. The summed E-state index contributed by atoms with van der Waals surface area (Å²) in [6, 6.07) is 10.2. The van der Waals surface area contributed by atoms with Crippen LogP contribution in [-0.2, 0) is 18.4 Å². The van der Waals surface area contributed by atoms with Crippen molar-refractivity contribution in [2.45, 2.75) is 31.8 Å². The van der Waals surface area contributed by atoms with E-state index in [0.717, 1.165) is 32.4 Å². The molecular weight excluding hydrogens is 278 g/mol. The van der Waals surface area contributed by atoms with Gasteiger partial charge >= 0.3 is 0 Å². The van der Waals surface area contributed by atoms with Crippen molar-refractivity contribution in [1.82, 2.24) is 19.7 Å². The van der Waals surface area contributed by atoms with Crippen LogP contribution in [0.4, 0.5) is 5.95 Å². The summed E-state index contributed by atoms with van der Waals surface area (Å²) < 4.78 is 1.57. The lowest BCUT2D eigenvalue weighted by Crippen LogP contribution is -2.46. The molecule has 2 heterocycles. The van der Waals surface area contributed by atoms with Gasteiger partial charge in [-0.3, -0.25) is 15.0 Å². The molecule has 1 unspecified atom stereocenters. The van der Waals surface area contributed by atoms with E-state index in [0.29, 0.717) is 5.95 Å². The summed E-state index contributed by atoms with van der Waals surface area (Å²) in [5.74, 6) is 0.502. The van der Waals surface area contributed by atoms with Gasteiger partial charge < -0.3 is 0 Å². The van der Waals surface area contributed by atoms with Crippen molar-refractivity contribution in [2.24, 2.45) is 7.05 Å². The van der Waals surface area contributed by atoms with E-state index < -0.39 is 0 Å². The first kappa shape index (κ1) is 14.7. The van der Waals surface area contributed by atoms with Crippen molar-refractivity contribution < 1.29 is 4.79 Å². The fourth-order valence-electron chi connectivity index (χ4n) is 2.90. The van der Waals surface area contributed by atoms with Gasteiger partial charge in [0.2, 0.25) is 11.9 Å². The second kappa shape index (κ2) is 6.70. The van der Waals surface area contributed by atoms with Crippen LogP contribution < -0.4 is 5.32 Å². The Balaban J connectivity index is 1.69. The van der Waals surface area contributed by atoms with E-state index in [-0.39, 0.29) is 11.9 Å². The molecule has 1 N–H and O–H groups in total. The molecule has 1 fully saturated rings. The molecule has 1 aromatic heterocycles. The highest BCUT2D eigenvalue weighted by atomic mass is 16.2. The summed E-state index contributed by atoms with van der Waals surface area (Å²) in [5, 5.41) is 6.86. The topological polar surface area (TPSA) is 63.1 Å². The molecule has 1 atom stereocenters. The molecule has 2 aromatic rings. The first-order valence-corrected chi connectivity index (χ1v) is 7.67. The second-order valence-electron chi connectivity index (χ2n) is 5.66. The number of aromatic nitrogens is 3. The molecule has 6 nitrogen and oxygen atoms in total. The number of aryl methyl sites for hydroxylation is 1. The molecule has 0 radical (unpaired) electrons. The molecule has 116 valence electrons. The predicted molar refractivity (Wildman–Crippen MR) is 84.1 cm³/mol. The molecule has 0 saturated carbocycles. The number of rotatable bonds is 4. The van der Waals surface area contributed by atoms with E-state index >= 15 is 0 Å². The van der Waals surface area contributed by atoms with Gasteiger partial charge in [0.05, 0.1) is 6.04 Å². The maximum atomic E-state index is 12.6. The molecule has 22 heavy (non-hydrogen) atoms. The smallest absolute Gasteiger partial charge is 0.244 e. The minimum absolute atomic E-state index is 0.00623. The lowest BCUT2D eigenvalue weighted by atomic mass is 10.0. The van der Waals surface area contributed by atoms with Crippen LogP contribution in [0.3, 0.4) is 0 Å². The Morgan fingerprint density at radius 1 is 1.32 bits per heavy atom. The van der Waals surface area contributed by atoms with Gasteiger partial charge in [-0.1, -0.05) is 36.8 Å². The fourth-order valence-corrected chi connectivity index (χ4v) is 2.90. The first-order valence-electron chi connectivity index (χ1n) is 7.67. The van der Waals surface area contributed by atoms with E-state index in [1.807, 2.05) is 18.2 Å². The monoisotopic (exact) mass is 299 g/mol. The summed E-state index contributed by atoms with van der Waals surface area (Å²) in [7, 11) is 1.77. The Bertz CT molecular complexity index is 624. The van der Waals surface area contributed by atoms with Crippen LogP contribution in [0.5, 0.6) is 0 Å². The van der Waals surface area contributed by atoms with Crippen LogP contribution >= 0.6 is 0 Å². The van der Waals surface area contributed by atoms with Crippen molar-refractivity contribution >= 4 is 11.9 Å². The van der Waals surface area contributed by atoms with Crippen molar-refractivity contribution in [2.75, 3.05) is 11.9 Å². The van der Waals surface area contributed by atoms with E-state index in [2.05, 4.69) is 32.4 Å². The number of hydrogen-bond donors (Lipinski definition) is 1. The zero-order valence-corrected chi connectivity index (χ0v) is 12.8. The van der Waals surface area contributed by atoms with Crippen molar-refractivity contribution in [3.8, 4) is 0 Å². The SMILES string of the molecule is Cn1ncnc1NC(=O)C1CCCCN1Cc1ccccc1. The summed E-state index contributed by atoms with van der Waals surface area (Å²) >= 11 is 0. The van der Waals surface area contributed by atoms with Crippen molar-refractivity contribution in [1.29, 1.82) is 0 Å². The third kappa shape index (κ3) is 3.33. The number of benzene rings is 1.